The topological polar surface area (TPSA) is 37.3 Å². The average Bonchev–Trinajstić information content (AvgIpc) is 2.74. The highest BCUT2D eigenvalue weighted by Gasteiger charge is 1.90. The van der Waals surface area contributed by atoms with Crippen molar-refractivity contribution in [1.29, 1.82) is 0 Å². The van der Waals surface area contributed by atoms with Crippen LogP contribution >= 0.6 is 22.9 Å². The SMILES string of the molecule is Clc1ccc(/C=N/Nc2nccs2)cc1. The maximum absolute atomic E-state index is 5.76. The van der Waals surface area contributed by atoms with Crippen LogP contribution in [-0.2, 0) is 0 Å². The van der Waals surface area contributed by atoms with Crippen LogP contribution in [0.2, 0.25) is 5.02 Å². The van der Waals surface area contributed by atoms with Crippen molar-refractivity contribution in [1.82, 2.24) is 4.98 Å². The summed E-state index contributed by atoms with van der Waals surface area (Å²) in [7, 11) is 0. The summed E-state index contributed by atoms with van der Waals surface area (Å²) >= 11 is 7.26. The van der Waals surface area contributed by atoms with Gasteiger partial charge in [0, 0.05) is 16.6 Å². The van der Waals surface area contributed by atoms with Gasteiger partial charge in [-0.15, -0.1) is 11.3 Å². The molecule has 0 saturated heterocycles. The van der Waals surface area contributed by atoms with Crippen LogP contribution in [0.4, 0.5) is 5.13 Å². The number of thiazole rings is 1. The largest absolute Gasteiger partial charge is 0.253 e. The summed E-state index contributed by atoms with van der Waals surface area (Å²) in [5.74, 6) is 0. The first-order chi connectivity index (χ1) is 7.34. The molecule has 3 nitrogen and oxygen atoms in total. The lowest BCUT2D eigenvalue weighted by Gasteiger charge is -1.94. The molecule has 0 spiro atoms. The van der Waals surface area contributed by atoms with Crippen molar-refractivity contribution < 1.29 is 0 Å². The molecule has 15 heavy (non-hydrogen) atoms. The van der Waals surface area contributed by atoms with E-state index in [1.807, 2.05) is 29.6 Å². The second-order valence-corrected chi connectivity index (χ2v) is 4.09. The fourth-order valence-electron chi connectivity index (χ4n) is 0.990. The van der Waals surface area contributed by atoms with Gasteiger partial charge in [-0.05, 0) is 17.7 Å². The van der Waals surface area contributed by atoms with Crippen molar-refractivity contribution >= 4 is 34.3 Å². The smallest absolute Gasteiger partial charge is 0.203 e. The Morgan fingerprint density at radius 1 is 1.33 bits per heavy atom. The molecule has 0 fully saturated rings. The second-order valence-electron chi connectivity index (χ2n) is 2.76. The zero-order valence-electron chi connectivity index (χ0n) is 7.72. The zero-order chi connectivity index (χ0) is 10.5. The lowest BCUT2D eigenvalue weighted by molar-refractivity contribution is 1.29. The quantitative estimate of drug-likeness (QED) is 0.657. The maximum Gasteiger partial charge on any atom is 0.203 e. The molecule has 0 unspecified atom stereocenters. The molecule has 1 N–H and O–H groups in total. The number of nitrogens with zero attached hydrogens (tertiary/aromatic N) is 2. The van der Waals surface area contributed by atoms with E-state index in [9.17, 15) is 0 Å². The normalized spacial score (nSPS) is 10.7. The number of hydrogen-bond acceptors (Lipinski definition) is 4. The molecule has 1 aromatic carbocycles. The average molecular weight is 238 g/mol. The van der Waals surface area contributed by atoms with Crippen LogP contribution in [0, 0.1) is 0 Å². The molecule has 2 rings (SSSR count). The molecule has 76 valence electrons. The predicted molar refractivity (Wildman–Crippen MR) is 64.8 cm³/mol. The van der Waals surface area contributed by atoms with Gasteiger partial charge >= 0.3 is 0 Å². The van der Waals surface area contributed by atoms with Crippen molar-refractivity contribution in [3.05, 3.63) is 46.4 Å². The first-order valence-electron chi connectivity index (χ1n) is 4.29. The number of benzene rings is 1. The first-order valence-corrected chi connectivity index (χ1v) is 5.54. The predicted octanol–water partition coefficient (Wildman–Crippen LogP) is 3.24. The van der Waals surface area contributed by atoms with E-state index in [0.29, 0.717) is 0 Å². The summed E-state index contributed by atoms with van der Waals surface area (Å²) in [6, 6.07) is 7.45. The molecule has 0 amide bonds. The third kappa shape index (κ3) is 3.04. The van der Waals surface area contributed by atoms with Crippen molar-refractivity contribution in [3.8, 4) is 0 Å². The van der Waals surface area contributed by atoms with Crippen LogP contribution in [0.15, 0.2) is 40.9 Å². The van der Waals surface area contributed by atoms with Crippen LogP contribution in [0.1, 0.15) is 5.56 Å². The highest BCUT2D eigenvalue weighted by molar-refractivity contribution is 7.13. The molecule has 0 aliphatic carbocycles. The fourth-order valence-corrected chi connectivity index (χ4v) is 1.59. The van der Waals surface area contributed by atoms with E-state index in [1.165, 1.54) is 11.3 Å². The summed E-state index contributed by atoms with van der Waals surface area (Å²) in [6.07, 6.45) is 3.45. The van der Waals surface area contributed by atoms with Gasteiger partial charge in [0.05, 0.1) is 6.21 Å². The molecule has 0 saturated carbocycles. The Kier molecular flexibility index (Phi) is 3.32. The van der Waals surface area contributed by atoms with Gasteiger partial charge in [0.15, 0.2) is 0 Å². The number of aromatic nitrogens is 1. The maximum atomic E-state index is 5.76. The molecule has 1 heterocycles. The molecular formula is C10H8ClN3S. The summed E-state index contributed by atoms with van der Waals surface area (Å²) in [6.45, 7) is 0. The Morgan fingerprint density at radius 2 is 2.13 bits per heavy atom. The summed E-state index contributed by atoms with van der Waals surface area (Å²) in [4.78, 5) is 4.03. The van der Waals surface area contributed by atoms with Gasteiger partial charge in [-0.25, -0.2) is 4.98 Å². The van der Waals surface area contributed by atoms with Crippen molar-refractivity contribution in [2.24, 2.45) is 5.10 Å². The Morgan fingerprint density at radius 3 is 2.80 bits per heavy atom. The van der Waals surface area contributed by atoms with Crippen LogP contribution in [0.3, 0.4) is 0 Å². The van der Waals surface area contributed by atoms with Crippen LogP contribution in [0.25, 0.3) is 0 Å². The number of halogens is 1. The van der Waals surface area contributed by atoms with Crippen LogP contribution < -0.4 is 5.43 Å². The summed E-state index contributed by atoms with van der Waals surface area (Å²) in [5, 5.41) is 7.43. The third-order valence-electron chi connectivity index (χ3n) is 1.68. The summed E-state index contributed by atoms with van der Waals surface area (Å²) in [5.41, 5.74) is 3.82. The zero-order valence-corrected chi connectivity index (χ0v) is 9.29. The van der Waals surface area contributed by atoms with E-state index in [2.05, 4.69) is 15.5 Å². The lowest BCUT2D eigenvalue weighted by atomic mass is 10.2. The molecule has 0 radical (unpaired) electrons. The van der Waals surface area contributed by atoms with Gasteiger partial charge < -0.3 is 0 Å². The van der Waals surface area contributed by atoms with Crippen molar-refractivity contribution in [3.63, 3.8) is 0 Å². The van der Waals surface area contributed by atoms with E-state index < -0.39 is 0 Å². The summed E-state index contributed by atoms with van der Waals surface area (Å²) < 4.78 is 0. The third-order valence-corrected chi connectivity index (χ3v) is 2.61. The molecule has 0 aliphatic heterocycles. The number of rotatable bonds is 3. The van der Waals surface area contributed by atoms with E-state index in [-0.39, 0.29) is 0 Å². The van der Waals surface area contributed by atoms with Gasteiger partial charge in [0.1, 0.15) is 0 Å². The highest BCUT2D eigenvalue weighted by Crippen LogP contribution is 2.10. The Labute approximate surface area is 96.4 Å². The van der Waals surface area contributed by atoms with Gasteiger partial charge in [-0.1, -0.05) is 23.7 Å². The van der Waals surface area contributed by atoms with Gasteiger partial charge in [0.25, 0.3) is 0 Å². The van der Waals surface area contributed by atoms with Gasteiger partial charge in [0.2, 0.25) is 5.13 Å². The van der Waals surface area contributed by atoms with Gasteiger partial charge in [-0.2, -0.15) is 5.10 Å². The monoisotopic (exact) mass is 237 g/mol. The van der Waals surface area contributed by atoms with E-state index in [1.54, 1.807) is 12.4 Å². The molecule has 0 bridgehead atoms. The number of hydrogen-bond donors (Lipinski definition) is 1. The molecule has 0 aliphatic rings. The Bertz CT molecular complexity index is 436. The molecule has 5 heteroatoms. The Balaban J connectivity index is 1.97. The number of nitrogens with one attached hydrogen (secondary N) is 1. The van der Waals surface area contributed by atoms with Crippen LogP contribution in [-0.4, -0.2) is 11.2 Å². The Hall–Kier alpha value is -1.39. The van der Waals surface area contributed by atoms with Gasteiger partial charge in [-0.3, -0.25) is 5.43 Å². The fraction of sp³-hybridized carbons (Fsp3) is 0. The molecular weight excluding hydrogens is 230 g/mol. The van der Waals surface area contributed by atoms with E-state index in [4.69, 9.17) is 11.6 Å². The van der Waals surface area contributed by atoms with Crippen LogP contribution in [0.5, 0.6) is 0 Å². The molecule has 0 atom stereocenters. The molecule has 2 aromatic rings. The number of hydrazone groups is 1. The number of anilines is 1. The highest BCUT2D eigenvalue weighted by atomic mass is 35.5. The minimum absolute atomic E-state index is 0.722. The van der Waals surface area contributed by atoms with Crippen molar-refractivity contribution in [2.45, 2.75) is 0 Å². The molecule has 1 aromatic heterocycles. The van der Waals surface area contributed by atoms with Crippen molar-refractivity contribution in [2.75, 3.05) is 5.43 Å². The minimum atomic E-state index is 0.722. The lowest BCUT2D eigenvalue weighted by Crippen LogP contribution is -1.89. The second kappa shape index (κ2) is 4.91. The van der Waals surface area contributed by atoms with E-state index >= 15 is 0 Å². The minimum Gasteiger partial charge on any atom is -0.253 e. The first kappa shape index (κ1) is 10.1. The van der Waals surface area contributed by atoms with E-state index in [0.717, 1.165) is 15.7 Å². The standard InChI is InChI=1S/C10H8ClN3S/c11-9-3-1-8(2-4-9)7-13-14-10-12-5-6-15-10/h1-7H,(H,12,14)/b13-7+.